The van der Waals surface area contributed by atoms with Crippen LogP contribution in [0.2, 0.25) is 15.1 Å². The Labute approximate surface area is 297 Å². The van der Waals surface area contributed by atoms with Gasteiger partial charge in [0.25, 0.3) is 10.0 Å². The molecule has 1 saturated carbocycles. The lowest BCUT2D eigenvalue weighted by Crippen LogP contribution is -2.55. The number of anilines is 1. The molecule has 252 valence electrons. The molecule has 1 fully saturated rings. The Kier molecular flexibility index (Phi) is 12.1. The van der Waals surface area contributed by atoms with E-state index in [1.54, 1.807) is 48.5 Å². The molecule has 0 saturated heterocycles. The van der Waals surface area contributed by atoms with Gasteiger partial charge in [-0.25, -0.2) is 8.42 Å². The third kappa shape index (κ3) is 8.91. The highest BCUT2D eigenvalue weighted by Gasteiger charge is 2.36. The minimum absolute atomic E-state index is 0.0115. The lowest BCUT2D eigenvalue weighted by molar-refractivity contribution is -0.140. The molecule has 0 bridgehead atoms. The first-order chi connectivity index (χ1) is 23.0. The molecule has 2 amide bonds. The zero-order valence-corrected chi connectivity index (χ0v) is 29.7. The molecule has 1 unspecified atom stereocenters. The van der Waals surface area contributed by atoms with Gasteiger partial charge >= 0.3 is 0 Å². The number of hydrogen-bond acceptors (Lipinski definition) is 4. The van der Waals surface area contributed by atoms with Crippen LogP contribution in [-0.2, 0) is 32.6 Å². The molecule has 1 atom stereocenters. The Morgan fingerprint density at radius 3 is 2.12 bits per heavy atom. The summed E-state index contributed by atoms with van der Waals surface area (Å²) in [6, 6.07) is 26.2. The predicted octanol–water partition coefficient (Wildman–Crippen LogP) is 8.24. The van der Waals surface area contributed by atoms with Crippen LogP contribution in [0.1, 0.15) is 48.8 Å². The number of carbonyl (C=O) groups excluding carboxylic acids is 2. The van der Waals surface area contributed by atoms with Crippen LogP contribution in [-0.4, -0.2) is 43.8 Å². The average molecular weight is 727 g/mol. The fraction of sp³-hybridized carbons (Fsp3) is 0.297. The predicted molar refractivity (Wildman–Crippen MR) is 193 cm³/mol. The number of amides is 2. The maximum Gasteiger partial charge on any atom is 0.264 e. The van der Waals surface area contributed by atoms with E-state index in [1.165, 1.54) is 23.1 Å². The van der Waals surface area contributed by atoms with Gasteiger partial charge in [-0.1, -0.05) is 114 Å². The molecule has 0 aliphatic heterocycles. The molecule has 1 N–H and O–H groups in total. The lowest BCUT2D eigenvalue weighted by Gasteiger charge is -2.35. The molecule has 0 radical (unpaired) electrons. The highest BCUT2D eigenvalue weighted by atomic mass is 35.5. The topological polar surface area (TPSA) is 86.8 Å². The lowest BCUT2D eigenvalue weighted by atomic mass is 9.94. The number of nitrogens with zero attached hydrogens (tertiary/aromatic N) is 2. The normalized spacial score (nSPS) is 14.2. The number of sulfonamides is 1. The molecule has 11 heteroatoms. The van der Waals surface area contributed by atoms with Crippen molar-refractivity contribution in [2.75, 3.05) is 10.8 Å². The number of aryl methyl sites for hydroxylation is 1. The van der Waals surface area contributed by atoms with Crippen molar-refractivity contribution in [2.24, 2.45) is 0 Å². The first-order valence-electron chi connectivity index (χ1n) is 15.9. The number of rotatable bonds is 12. The van der Waals surface area contributed by atoms with Crippen LogP contribution in [0.4, 0.5) is 5.69 Å². The molecule has 0 aromatic heterocycles. The quantitative estimate of drug-likeness (QED) is 0.159. The monoisotopic (exact) mass is 725 g/mol. The van der Waals surface area contributed by atoms with Crippen molar-refractivity contribution in [2.45, 2.75) is 69.0 Å². The summed E-state index contributed by atoms with van der Waals surface area (Å²) >= 11 is 19.6. The van der Waals surface area contributed by atoms with E-state index in [4.69, 9.17) is 34.8 Å². The smallest absolute Gasteiger partial charge is 0.264 e. The van der Waals surface area contributed by atoms with E-state index in [2.05, 4.69) is 5.32 Å². The van der Waals surface area contributed by atoms with Crippen LogP contribution in [0.25, 0.3) is 0 Å². The second-order valence-corrected chi connectivity index (χ2v) is 15.2. The van der Waals surface area contributed by atoms with Gasteiger partial charge in [-0.2, -0.15) is 0 Å². The maximum atomic E-state index is 14.7. The molecule has 5 rings (SSSR count). The van der Waals surface area contributed by atoms with Crippen LogP contribution < -0.4 is 9.62 Å². The van der Waals surface area contributed by atoms with Gasteiger partial charge in [-0.3, -0.25) is 13.9 Å². The van der Waals surface area contributed by atoms with Crippen molar-refractivity contribution in [1.29, 1.82) is 0 Å². The van der Waals surface area contributed by atoms with Crippen LogP contribution >= 0.6 is 34.8 Å². The van der Waals surface area contributed by atoms with Crippen molar-refractivity contribution < 1.29 is 18.0 Å². The van der Waals surface area contributed by atoms with Crippen LogP contribution in [0.15, 0.2) is 102 Å². The van der Waals surface area contributed by atoms with E-state index in [0.29, 0.717) is 20.6 Å². The molecular weight excluding hydrogens is 689 g/mol. The van der Waals surface area contributed by atoms with Gasteiger partial charge in [-0.15, -0.1) is 0 Å². The Morgan fingerprint density at radius 1 is 0.833 bits per heavy atom. The summed E-state index contributed by atoms with van der Waals surface area (Å²) in [7, 11) is -4.26. The van der Waals surface area contributed by atoms with Crippen molar-refractivity contribution in [3.63, 3.8) is 0 Å². The standard InChI is InChI=1S/C37H38Cl3N3O4S/c1-26-18-20-31(21-19-26)48(46,47)43(30-15-8-12-28(38)23-30)25-36(44)42(24-32-33(39)16-9-17-34(32)40)35(22-27-10-4-2-5-11-27)37(45)41-29-13-6-3-7-14-29/h2,4-5,8-12,15-21,23,29,35H,3,6-7,13-14,22,24-25H2,1H3,(H,41,45). The zero-order valence-electron chi connectivity index (χ0n) is 26.6. The molecule has 1 aliphatic rings. The summed E-state index contributed by atoms with van der Waals surface area (Å²) < 4.78 is 29.5. The third-order valence-corrected chi connectivity index (χ3v) is 11.3. The summed E-state index contributed by atoms with van der Waals surface area (Å²) in [5, 5.41) is 4.15. The number of benzene rings is 4. The number of carbonyl (C=O) groups is 2. The second-order valence-electron chi connectivity index (χ2n) is 12.1. The van der Waals surface area contributed by atoms with Gasteiger partial charge in [-0.05, 0) is 67.8 Å². The average Bonchev–Trinajstić information content (AvgIpc) is 3.07. The fourth-order valence-corrected chi connectivity index (χ4v) is 8.06. The van der Waals surface area contributed by atoms with E-state index >= 15 is 0 Å². The number of nitrogens with one attached hydrogen (secondary N) is 1. The number of hydrogen-bond donors (Lipinski definition) is 1. The molecule has 1 aliphatic carbocycles. The van der Waals surface area contributed by atoms with E-state index in [9.17, 15) is 18.0 Å². The third-order valence-electron chi connectivity index (χ3n) is 8.60. The molecule has 48 heavy (non-hydrogen) atoms. The highest BCUT2D eigenvalue weighted by molar-refractivity contribution is 7.92. The fourth-order valence-electron chi connectivity index (χ4n) is 5.95. The van der Waals surface area contributed by atoms with Crippen molar-refractivity contribution >= 4 is 62.3 Å². The van der Waals surface area contributed by atoms with Gasteiger partial charge in [0.05, 0.1) is 10.6 Å². The van der Waals surface area contributed by atoms with Gasteiger partial charge in [0.15, 0.2) is 0 Å². The van der Waals surface area contributed by atoms with Gasteiger partial charge in [0, 0.05) is 39.6 Å². The van der Waals surface area contributed by atoms with Gasteiger partial charge in [0.2, 0.25) is 11.8 Å². The minimum Gasteiger partial charge on any atom is -0.352 e. The Bertz CT molecular complexity index is 1810. The van der Waals surface area contributed by atoms with Gasteiger partial charge < -0.3 is 10.2 Å². The van der Waals surface area contributed by atoms with E-state index in [1.807, 2.05) is 37.3 Å². The van der Waals surface area contributed by atoms with E-state index < -0.39 is 28.5 Å². The second kappa shape index (κ2) is 16.2. The first-order valence-corrected chi connectivity index (χ1v) is 18.5. The highest BCUT2D eigenvalue weighted by Crippen LogP contribution is 2.30. The van der Waals surface area contributed by atoms with Crippen LogP contribution in [0, 0.1) is 6.92 Å². The summed E-state index contributed by atoms with van der Waals surface area (Å²) in [5.74, 6) is -0.931. The maximum absolute atomic E-state index is 14.7. The summed E-state index contributed by atoms with van der Waals surface area (Å²) in [6.45, 7) is 1.12. The van der Waals surface area contributed by atoms with Crippen molar-refractivity contribution in [3.05, 3.63) is 129 Å². The van der Waals surface area contributed by atoms with Crippen LogP contribution in [0.3, 0.4) is 0 Å². The van der Waals surface area contributed by atoms with E-state index in [0.717, 1.165) is 47.5 Å². The SMILES string of the molecule is Cc1ccc(S(=O)(=O)N(CC(=O)N(Cc2c(Cl)cccc2Cl)C(Cc2ccccc2)C(=O)NC2CCCCC2)c2cccc(Cl)c2)cc1. The molecular formula is C37H38Cl3N3O4S. The zero-order chi connectivity index (χ0) is 34.3. The van der Waals surface area contributed by atoms with E-state index in [-0.39, 0.29) is 35.5 Å². The van der Waals surface area contributed by atoms with Gasteiger partial charge in [0.1, 0.15) is 12.6 Å². The number of halogens is 3. The summed E-state index contributed by atoms with van der Waals surface area (Å²) in [6.07, 6.45) is 5.03. The molecule has 4 aromatic carbocycles. The molecule has 4 aromatic rings. The first kappa shape index (κ1) is 35.7. The van der Waals surface area contributed by atoms with Crippen molar-refractivity contribution in [1.82, 2.24) is 10.2 Å². The Morgan fingerprint density at radius 2 is 1.48 bits per heavy atom. The summed E-state index contributed by atoms with van der Waals surface area (Å²) in [4.78, 5) is 30.4. The van der Waals surface area contributed by atoms with Crippen LogP contribution in [0.5, 0.6) is 0 Å². The Balaban J connectivity index is 1.59. The molecule has 7 nitrogen and oxygen atoms in total. The Hall–Kier alpha value is -3.56. The summed E-state index contributed by atoms with van der Waals surface area (Å²) in [5.41, 5.74) is 2.38. The molecule has 0 heterocycles. The minimum atomic E-state index is -4.26. The van der Waals surface area contributed by atoms with Crippen molar-refractivity contribution in [3.8, 4) is 0 Å². The molecule has 0 spiro atoms. The largest absolute Gasteiger partial charge is 0.352 e.